The fourth-order valence-corrected chi connectivity index (χ4v) is 4.29. The zero-order valence-electron chi connectivity index (χ0n) is 14.6. The molecule has 5 nitrogen and oxygen atoms in total. The quantitative estimate of drug-likeness (QED) is 0.849. The minimum absolute atomic E-state index is 0.224. The molecule has 2 fully saturated rings. The highest BCUT2D eigenvalue weighted by atomic mass is 16.5. The monoisotopic (exact) mass is 339 g/mol. The van der Waals surface area contributed by atoms with E-state index in [-0.39, 0.29) is 5.91 Å². The van der Waals surface area contributed by atoms with Crippen molar-refractivity contribution in [2.45, 2.75) is 51.4 Å². The van der Waals surface area contributed by atoms with E-state index >= 15 is 0 Å². The first-order chi connectivity index (χ1) is 12.2. The van der Waals surface area contributed by atoms with E-state index in [1.54, 1.807) is 0 Å². The fourth-order valence-electron chi connectivity index (χ4n) is 4.29. The molecule has 25 heavy (non-hydrogen) atoms. The number of amides is 1. The van der Waals surface area contributed by atoms with Gasteiger partial charge in [0, 0.05) is 31.5 Å². The van der Waals surface area contributed by atoms with Gasteiger partial charge in [-0.1, -0.05) is 54.8 Å². The van der Waals surface area contributed by atoms with Crippen molar-refractivity contribution in [3.63, 3.8) is 0 Å². The third-order valence-corrected chi connectivity index (χ3v) is 5.76. The van der Waals surface area contributed by atoms with Crippen LogP contribution >= 0.6 is 0 Å². The topological polar surface area (TPSA) is 59.2 Å². The van der Waals surface area contributed by atoms with Gasteiger partial charge >= 0.3 is 0 Å². The second-order valence-electron chi connectivity index (χ2n) is 7.50. The van der Waals surface area contributed by atoms with Crippen LogP contribution in [0.3, 0.4) is 0 Å². The molecule has 5 heteroatoms. The lowest BCUT2D eigenvalue weighted by Crippen LogP contribution is -2.33. The lowest BCUT2D eigenvalue weighted by atomic mass is 9.73. The van der Waals surface area contributed by atoms with Crippen molar-refractivity contribution in [3.05, 3.63) is 36.2 Å². The second kappa shape index (κ2) is 6.98. The van der Waals surface area contributed by atoms with Crippen molar-refractivity contribution < 1.29 is 9.32 Å². The highest BCUT2D eigenvalue weighted by Gasteiger charge is 2.40. The molecule has 1 spiro atoms. The van der Waals surface area contributed by atoms with Gasteiger partial charge in [0.05, 0.1) is 0 Å². The maximum absolute atomic E-state index is 12.6. The Morgan fingerprint density at radius 1 is 1.12 bits per heavy atom. The van der Waals surface area contributed by atoms with E-state index < -0.39 is 0 Å². The van der Waals surface area contributed by atoms with Gasteiger partial charge in [-0.3, -0.25) is 4.79 Å². The Morgan fingerprint density at radius 3 is 2.72 bits per heavy atom. The number of carbonyl (C=O) groups excluding carboxylic acids is 1. The maximum Gasteiger partial charge on any atom is 0.227 e. The summed E-state index contributed by atoms with van der Waals surface area (Å²) >= 11 is 0. The molecule has 1 saturated carbocycles. The van der Waals surface area contributed by atoms with Gasteiger partial charge in [0.15, 0.2) is 0 Å². The van der Waals surface area contributed by atoms with Crippen molar-refractivity contribution in [1.29, 1.82) is 0 Å². The molecule has 0 radical (unpaired) electrons. The number of rotatable bonds is 4. The van der Waals surface area contributed by atoms with Crippen molar-refractivity contribution >= 4 is 5.91 Å². The number of aryl methyl sites for hydroxylation is 1. The molecule has 132 valence electrons. The lowest BCUT2D eigenvalue weighted by Gasteiger charge is -2.33. The Bertz CT molecular complexity index is 720. The van der Waals surface area contributed by atoms with Gasteiger partial charge in [0.25, 0.3) is 0 Å². The fraction of sp³-hybridized carbons (Fsp3) is 0.550. The van der Waals surface area contributed by atoms with Crippen LogP contribution in [0.15, 0.2) is 34.9 Å². The van der Waals surface area contributed by atoms with E-state index in [9.17, 15) is 4.79 Å². The Morgan fingerprint density at radius 2 is 1.92 bits per heavy atom. The van der Waals surface area contributed by atoms with Crippen molar-refractivity contribution in [3.8, 4) is 11.4 Å². The average Bonchev–Trinajstić information content (AvgIpc) is 3.29. The van der Waals surface area contributed by atoms with Crippen LogP contribution in [0, 0.1) is 5.41 Å². The van der Waals surface area contributed by atoms with Crippen LogP contribution in [-0.2, 0) is 11.2 Å². The molecule has 2 heterocycles. The predicted molar refractivity (Wildman–Crippen MR) is 94.8 cm³/mol. The standard InChI is InChI=1S/C20H25N3O2/c24-18(23-14-13-20(15-23)11-5-2-6-12-20)10-9-17-21-19(22-25-17)16-7-3-1-4-8-16/h1,3-4,7-8H,2,5-6,9-15H2. The van der Waals surface area contributed by atoms with E-state index in [4.69, 9.17) is 4.52 Å². The Balaban J connectivity index is 1.31. The van der Waals surface area contributed by atoms with Gasteiger partial charge in [0.1, 0.15) is 0 Å². The SMILES string of the molecule is O=C(CCc1nc(-c2ccccc2)no1)N1CCC2(CCCCC2)C1. The maximum atomic E-state index is 12.6. The van der Waals surface area contributed by atoms with E-state index in [2.05, 4.69) is 15.0 Å². The summed E-state index contributed by atoms with van der Waals surface area (Å²) < 4.78 is 5.31. The molecule has 1 aliphatic carbocycles. The molecule has 4 rings (SSSR count). The Kier molecular flexibility index (Phi) is 4.55. The molecular weight excluding hydrogens is 314 g/mol. The summed E-state index contributed by atoms with van der Waals surface area (Å²) in [6.45, 7) is 1.86. The summed E-state index contributed by atoms with van der Waals surface area (Å²) in [5, 5.41) is 4.02. The minimum Gasteiger partial charge on any atom is -0.342 e. The third-order valence-electron chi connectivity index (χ3n) is 5.76. The zero-order valence-corrected chi connectivity index (χ0v) is 14.6. The first-order valence-electron chi connectivity index (χ1n) is 9.40. The van der Waals surface area contributed by atoms with Crippen molar-refractivity contribution in [2.24, 2.45) is 5.41 Å². The number of hydrogen-bond acceptors (Lipinski definition) is 4. The molecule has 2 aliphatic rings. The molecule has 1 saturated heterocycles. The molecule has 0 unspecified atom stereocenters. The van der Waals surface area contributed by atoms with E-state index in [0.717, 1.165) is 18.7 Å². The summed E-state index contributed by atoms with van der Waals surface area (Å²) in [7, 11) is 0. The number of likely N-dealkylation sites (tertiary alicyclic amines) is 1. The van der Waals surface area contributed by atoms with Crippen LogP contribution in [0.2, 0.25) is 0 Å². The summed E-state index contributed by atoms with van der Waals surface area (Å²) in [6, 6.07) is 9.76. The van der Waals surface area contributed by atoms with Crippen LogP contribution < -0.4 is 0 Å². The number of nitrogens with zero attached hydrogens (tertiary/aromatic N) is 3. The van der Waals surface area contributed by atoms with Gasteiger partial charge in [-0.25, -0.2) is 0 Å². The highest BCUT2D eigenvalue weighted by molar-refractivity contribution is 5.76. The molecule has 0 atom stereocenters. The van der Waals surface area contributed by atoms with Gasteiger partial charge in [0.2, 0.25) is 17.6 Å². The molecule has 2 aromatic rings. The first-order valence-corrected chi connectivity index (χ1v) is 9.40. The van der Waals surface area contributed by atoms with Gasteiger partial charge in [-0.05, 0) is 24.7 Å². The molecule has 1 aromatic carbocycles. The van der Waals surface area contributed by atoms with Gasteiger partial charge in [-0.2, -0.15) is 4.98 Å². The van der Waals surface area contributed by atoms with Crippen LogP contribution in [0.4, 0.5) is 0 Å². The predicted octanol–water partition coefficient (Wildman–Crippen LogP) is 3.85. The third kappa shape index (κ3) is 3.60. The van der Waals surface area contributed by atoms with Gasteiger partial charge < -0.3 is 9.42 Å². The Hall–Kier alpha value is -2.17. The van der Waals surface area contributed by atoms with Crippen molar-refractivity contribution in [2.75, 3.05) is 13.1 Å². The number of hydrogen-bond donors (Lipinski definition) is 0. The highest BCUT2D eigenvalue weighted by Crippen LogP contribution is 2.43. The average molecular weight is 339 g/mol. The second-order valence-corrected chi connectivity index (χ2v) is 7.50. The summed E-state index contributed by atoms with van der Waals surface area (Å²) in [4.78, 5) is 19.0. The Labute approximate surface area is 148 Å². The smallest absolute Gasteiger partial charge is 0.227 e. The summed E-state index contributed by atoms with van der Waals surface area (Å²) in [5.41, 5.74) is 1.35. The molecule has 1 amide bonds. The van der Waals surface area contributed by atoms with Crippen LogP contribution in [0.5, 0.6) is 0 Å². The summed E-state index contributed by atoms with van der Waals surface area (Å²) in [5.74, 6) is 1.35. The summed E-state index contributed by atoms with van der Waals surface area (Å²) in [6.07, 6.45) is 8.74. The molecule has 1 aromatic heterocycles. The van der Waals surface area contributed by atoms with Gasteiger partial charge in [-0.15, -0.1) is 0 Å². The van der Waals surface area contributed by atoms with Crippen LogP contribution in [0.1, 0.15) is 50.8 Å². The largest absolute Gasteiger partial charge is 0.342 e. The van der Waals surface area contributed by atoms with E-state index in [1.807, 2.05) is 30.3 Å². The first kappa shape index (κ1) is 16.3. The number of benzene rings is 1. The zero-order chi connectivity index (χ0) is 17.1. The van der Waals surface area contributed by atoms with E-state index in [1.165, 1.54) is 38.5 Å². The molecule has 0 bridgehead atoms. The van der Waals surface area contributed by atoms with E-state index in [0.29, 0.717) is 30.0 Å². The minimum atomic E-state index is 0.224. The molecule has 1 aliphatic heterocycles. The number of carbonyl (C=O) groups is 1. The molecule has 0 N–H and O–H groups in total. The normalized spacial score (nSPS) is 19.4. The van der Waals surface area contributed by atoms with Crippen LogP contribution in [-0.4, -0.2) is 34.0 Å². The van der Waals surface area contributed by atoms with Crippen LogP contribution in [0.25, 0.3) is 11.4 Å². The molecular formula is C20H25N3O2. The number of aromatic nitrogens is 2. The van der Waals surface area contributed by atoms with Crippen molar-refractivity contribution in [1.82, 2.24) is 15.0 Å². The lowest BCUT2D eigenvalue weighted by molar-refractivity contribution is -0.130.